The van der Waals surface area contributed by atoms with Gasteiger partial charge in [0.25, 0.3) is 0 Å². The zero-order valence-electron chi connectivity index (χ0n) is 9.42. The van der Waals surface area contributed by atoms with E-state index < -0.39 is 0 Å². The van der Waals surface area contributed by atoms with Gasteiger partial charge in [0.1, 0.15) is 0 Å². The van der Waals surface area contributed by atoms with Gasteiger partial charge >= 0.3 is 0 Å². The van der Waals surface area contributed by atoms with Crippen LogP contribution < -0.4 is 11.1 Å². The molecular formula is C13H20N2. The van der Waals surface area contributed by atoms with Gasteiger partial charge in [0.05, 0.1) is 0 Å². The normalized spacial score (nSPS) is 25.7. The standard InChI is InChI=1S/C13H20N2/c1-11-4-2-5-12(10-11)13(7-8-14)6-3-9-15-13/h2,4-5,10,15H,3,6-9,14H2,1H3. The molecule has 1 aromatic rings. The maximum absolute atomic E-state index is 5.73. The van der Waals surface area contributed by atoms with Crippen LogP contribution in [0.25, 0.3) is 0 Å². The third kappa shape index (κ3) is 2.06. The van der Waals surface area contributed by atoms with Crippen LogP contribution in [0.5, 0.6) is 0 Å². The minimum Gasteiger partial charge on any atom is -0.330 e. The van der Waals surface area contributed by atoms with Gasteiger partial charge in [0.2, 0.25) is 0 Å². The summed E-state index contributed by atoms with van der Waals surface area (Å²) >= 11 is 0. The molecule has 1 aliphatic heterocycles. The Labute approximate surface area is 91.9 Å². The van der Waals surface area contributed by atoms with E-state index in [-0.39, 0.29) is 5.54 Å². The van der Waals surface area contributed by atoms with Crippen molar-refractivity contribution in [3.63, 3.8) is 0 Å². The van der Waals surface area contributed by atoms with Crippen molar-refractivity contribution in [2.45, 2.75) is 31.7 Å². The van der Waals surface area contributed by atoms with Crippen molar-refractivity contribution >= 4 is 0 Å². The molecule has 0 amide bonds. The van der Waals surface area contributed by atoms with Gasteiger partial charge in [0, 0.05) is 5.54 Å². The molecule has 0 saturated carbocycles. The van der Waals surface area contributed by atoms with Gasteiger partial charge in [-0.05, 0) is 44.8 Å². The van der Waals surface area contributed by atoms with Crippen molar-refractivity contribution in [2.24, 2.45) is 5.73 Å². The molecule has 1 aliphatic rings. The van der Waals surface area contributed by atoms with Gasteiger partial charge in [-0.25, -0.2) is 0 Å². The largest absolute Gasteiger partial charge is 0.330 e. The first kappa shape index (κ1) is 10.7. The Morgan fingerprint density at radius 3 is 2.93 bits per heavy atom. The molecule has 1 heterocycles. The lowest BCUT2D eigenvalue weighted by Crippen LogP contribution is -2.38. The van der Waals surface area contributed by atoms with Crippen LogP contribution >= 0.6 is 0 Å². The Hall–Kier alpha value is -0.860. The van der Waals surface area contributed by atoms with E-state index in [1.807, 2.05) is 0 Å². The Kier molecular flexibility index (Phi) is 3.08. The molecule has 2 nitrogen and oxygen atoms in total. The molecule has 0 aliphatic carbocycles. The zero-order chi connectivity index (χ0) is 10.7. The zero-order valence-corrected chi connectivity index (χ0v) is 9.42. The summed E-state index contributed by atoms with van der Waals surface area (Å²) < 4.78 is 0. The fourth-order valence-corrected chi connectivity index (χ4v) is 2.60. The summed E-state index contributed by atoms with van der Waals surface area (Å²) in [7, 11) is 0. The summed E-state index contributed by atoms with van der Waals surface area (Å²) in [6, 6.07) is 8.80. The lowest BCUT2D eigenvalue weighted by atomic mass is 9.84. The predicted molar refractivity (Wildman–Crippen MR) is 63.8 cm³/mol. The molecule has 0 spiro atoms. The molecule has 1 saturated heterocycles. The Balaban J connectivity index is 2.31. The molecule has 1 atom stereocenters. The van der Waals surface area contributed by atoms with Crippen LogP contribution in [-0.4, -0.2) is 13.1 Å². The Bertz CT molecular complexity index is 327. The molecule has 2 rings (SSSR count). The minimum atomic E-state index is 0.154. The van der Waals surface area contributed by atoms with Crippen LogP contribution in [0.3, 0.4) is 0 Å². The molecular weight excluding hydrogens is 184 g/mol. The monoisotopic (exact) mass is 204 g/mol. The summed E-state index contributed by atoms with van der Waals surface area (Å²) in [5.41, 5.74) is 8.62. The lowest BCUT2D eigenvalue weighted by molar-refractivity contribution is 0.365. The highest BCUT2D eigenvalue weighted by Crippen LogP contribution is 2.33. The van der Waals surface area contributed by atoms with E-state index in [4.69, 9.17) is 5.73 Å². The van der Waals surface area contributed by atoms with E-state index in [9.17, 15) is 0 Å². The number of nitrogens with two attached hydrogens (primary N) is 1. The van der Waals surface area contributed by atoms with Crippen LogP contribution in [0, 0.1) is 6.92 Å². The fourth-order valence-electron chi connectivity index (χ4n) is 2.60. The molecule has 15 heavy (non-hydrogen) atoms. The number of rotatable bonds is 3. The predicted octanol–water partition coefficient (Wildman–Crippen LogP) is 1.92. The maximum Gasteiger partial charge on any atom is 0.0447 e. The quantitative estimate of drug-likeness (QED) is 0.789. The average molecular weight is 204 g/mol. The summed E-state index contributed by atoms with van der Waals surface area (Å²) in [5, 5.41) is 3.63. The van der Waals surface area contributed by atoms with Gasteiger partial charge in [-0.2, -0.15) is 0 Å². The van der Waals surface area contributed by atoms with E-state index >= 15 is 0 Å². The first-order valence-corrected chi connectivity index (χ1v) is 5.79. The van der Waals surface area contributed by atoms with Crippen LogP contribution in [0.2, 0.25) is 0 Å². The second kappa shape index (κ2) is 4.33. The molecule has 3 N–H and O–H groups in total. The number of nitrogens with one attached hydrogen (secondary N) is 1. The number of benzene rings is 1. The highest BCUT2D eigenvalue weighted by atomic mass is 15.0. The van der Waals surface area contributed by atoms with Gasteiger partial charge in [-0.3, -0.25) is 0 Å². The van der Waals surface area contributed by atoms with E-state index in [0.717, 1.165) is 19.5 Å². The van der Waals surface area contributed by atoms with Crippen LogP contribution in [-0.2, 0) is 5.54 Å². The van der Waals surface area contributed by atoms with Crippen molar-refractivity contribution in [1.29, 1.82) is 0 Å². The first-order chi connectivity index (χ1) is 7.27. The average Bonchev–Trinajstić information content (AvgIpc) is 2.68. The second-order valence-electron chi connectivity index (χ2n) is 4.52. The fraction of sp³-hybridized carbons (Fsp3) is 0.538. The highest BCUT2D eigenvalue weighted by Gasteiger charge is 2.34. The van der Waals surface area contributed by atoms with Crippen molar-refractivity contribution < 1.29 is 0 Å². The van der Waals surface area contributed by atoms with Crippen LogP contribution in [0.4, 0.5) is 0 Å². The molecule has 1 unspecified atom stereocenters. The van der Waals surface area contributed by atoms with Gasteiger partial charge in [-0.1, -0.05) is 29.8 Å². The third-order valence-electron chi connectivity index (χ3n) is 3.39. The smallest absolute Gasteiger partial charge is 0.0447 e. The van der Waals surface area contributed by atoms with E-state index in [0.29, 0.717) is 0 Å². The van der Waals surface area contributed by atoms with Gasteiger partial charge < -0.3 is 11.1 Å². The van der Waals surface area contributed by atoms with Crippen LogP contribution in [0.1, 0.15) is 30.4 Å². The molecule has 2 heteroatoms. The van der Waals surface area contributed by atoms with E-state index in [1.165, 1.54) is 24.0 Å². The Morgan fingerprint density at radius 2 is 2.33 bits per heavy atom. The second-order valence-corrected chi connectivity index (χ2v) is 4.52. The third-order valence-corrected chi connectivity index (χ3v) is 3.39. The van der Waals surface area contributed by atoms with E-state index in [2.05, 4.69) is 36.5 Å². The van der Waals surface area contributed by atoms with E-state index in [1.54, 1.807) is 0 Å². The SMILES string of the molecule is Cc1cccc(C2(CCN)CCCN2)c1. The molecule has 82 valence electrons. The van der Waals surface area contributed by atoms with Crippen molar-refractivity contribution in [3.8, 4) is 0 Å². The molecule has 0 aromatic heterocycles. The van der Waals surface area contributed by atoms with Gasteiger partial charge in [0.15, 0.2) is 0 Å². The van der Waals surface area contributed by atoms with Crippen LogP contribution in [0.15, 0.2) is 24.3 Å². The number of hydrogen-bond donors (Lipinski definition) is 2. The topological polar surface area (TPSA) is 38.0 Å². The lowest BCUT2D eigenvalue weighted by Gasteiger charge is -2.30. The van der Waals surface area contributed by atoms with Gasteiger partial charge in [-0.15, -0.1) is 0 Å². The highest BCUT2D eigenvalue weighted by molar-refractivity contribution is 5.30. The summed E-state index contributed by atoms with van der Waals surface area (Å²) in [6.45, 7) is 4.02. The summed E-state index contributed by atoms with van der Waals surface area (Å²) in [4.78, 5) is 0. The first-order valence-electron chi connectivity index (χ1n) is 5.79. The molecule has 0 bridgehead atoms. The summed E-state index contributed by atoms with van der Waals surface area (Å²) in [5.74, 6) is 0. The molecule has 1 aromatic carbocycles. The Morgan fingerprint density at radius 1 is 1.47 bits per heavy atom. The molecule has 1 fully saturated rings. The molecule has 0 radical (unpaired) electrons. The number of hydrogen-bond acceptors (Lipinski definition) is 2. The minimum absolute atomic E-state index is 0.154. The maximum atomic E-state index is 5.73. The number of aryl methyl sites for hydroxylation is 1. The van der Waals surface area contributed by atoms with Crippen molar-refractivity contribution in [3.05, 3.63) is 35.4 Å². The summed E-state index contributed by atoms with van der Waals surface area (Å²) in [6.07, 6.45) is 3.51. The van der Waals surface area contributed by atoms with Crippen molar-refractivity contribution in [1.82, 2.24) is 5.32 Å². The van der Waals surface area contributed by atoms with Crippen molar-refractivity contribution in [2.75, 3.05) is 13.1 Å².